The summed E-state index contributed by atoms with van der Waals surface area (Å²) in [5.41, 5.74) is 8.33. The van der Waals surface area contributed by atoms with Crippen LogP contribution in [0.2, 0.25) is 0 Å². The summed E-state index contributed by atoms with van der Waals surface area (Å²) >= 11 is 0. The topological polar surface area (TPSA) is 91.1 Å². The van der Waals surface area contributed by atoms with Crippen molar-refractivity contribution < 1.29 is 31.2 Å². The third-order valence-electron chi connectivity index (χ3n) is 11.6. The van der Waals surface area contributed by atoms with E-state index < -0.39 is 10.4 Å². The van der Waals surface area contributed by atoms with Gasteiger partial charge < -0.3 is 18.9 Å². The number of benzene rings is 2. The van der Waals surface area contributed by atoms with E-state index in [0.717, 1.165) is 57.4 Å². The number of nitrogens with zero attached hydrogens (tertiary/aromatic N) is 2. The van der Waals surface area contributed by atoms with Crippen LogP contribution in [0.5, 0.6) is 11.5 Å². The van der Waals surface area contributed by atoms with Crippen LogP contribution in [0.4, 0.5) is 11.4 Å². The van der Waals surface area contributed by atoms with Gasteiger partial charge in [0.2, 0.25) is 16.1 Å². The van der Waals surface area contributed by atoms with Crippen LogP contribution in [0.1, 0.15) is 130 Å². The molecule has 2 aromatic carbocycles. The largest absolute Gasteiger partial charge is 0.726 e. The molecule has 0 saturated heterocycles. The number of allylic oxidation sites excluding steroid dienone is 8. The zero-order chi connectivity index (χ0) is 40.5. The molecule has 0 saturated carbocycles. The molecule has 8 nitrogen and oxygen atoms in total. The predicted octanol–water partition coefficient (Wildman–Crippen LogP) is 11.2. The zero-order valence-electron chi connectivity index (χ0n) is 35.2. The van der Waals surface area contributed by atoms with Crippen LogP contribution in [-0.2, 0) is 25.4 Å². The fraction of sp³-hybridized carbons (Fsp3) is 0.543. The Morgan fingerprint density at radius 2 is 1.24 bits per heavy atom. The summed E-state index contributed by atoms with van der Waals surface area (Å²) in [6.45, 7) is 16.0. The van der Waals surface area contributed by atoms with E-state index in [1.54, 1.807) is 14.2 Å². The number of anilines is 1. The molecule has 55 heavy (non-hydrogen) atoms. The minimum atomic E-state index is -4.41. The molecule has 2 aromatic rings. The van der Waals surface area contributed by atoms with Crippen molar-refractivity contribution in [3.8, 4) is 11.5 Å². The molecule has 4 rings (SSSR count). The zero-order valence-corrected chi connectivity index (χ0v) is 36.0. The summed E-state index contributed by atoms with van der Waals surface area (Å²) in [4.78, 5) is 2.60. The second-order valence-electron chi connectivity index (χ2n) is 14.4. The van der Waals surface area contributed by atoms with Crippen molar-refractivity contribution in [1.82, 2.24) is 0 Å². The highest BCUT2D eigenvalue weighted by molar-refractivity contribution is 7.80. The van der Waals surface area contributed by atoms with Gasteiger partial charge in [-0.25, -0.2) is 8.42 Å². The minimum absolute atomic E-state index is 0.0103. The van der Waals surface area contributed by atoms with Gasteiger partial charge in [-0.1, -0.05) is 104 Å². The number of hydrogen-bond donors (Lipinski definition) is 0. The highest BCUT2D eigenvalue weighted by Crippen LogP contribution is 2.53. The molecule has 0 aromatic heterocycles. The lowest BCUT2D eigenvalue weighted by atomic mass is 9.73. The Balaban J connectivity index is 0.00000125. The third-order valence-corrected chi connectivity index (χ3v) is 12.0. The van der Waals surface area contributed by atoms with Gasteiger partial charge in [0.1, 0.15) is 18.0 Å². The van der Waals surface area contributed by atoms with Crippen molar-refractivity contribution in [2.45, 2.75) is 129 Å². The van der Waals surface area contributed by atoms with E-state index in [9.17, 15) is 13.0 Å². The Morgan fingerprint density at radius 3 is 1.80 bits per heavy atom. The highest BCUT2D eigenvalue weighted by atomic mass is 32.3. The summed E-state index contributed by atoms with van der Waals surface area (Å²) in [6, 6.07) is 13.4. The molecule has 0 bridgehead atoms. The molecule has 0 unspecified atom stereocenters. The van der Waals surface area contributed by atoms with Crippen LogP contribution in [-0.4, -0.2) is 57.7 Å². The predicted molar refractivity (Wildman–Crippen MR) is 228 cm³/mol. The van der Waals surface area contributed by atoms with Crippen molar-refractivity contribution in [2.75, 3.05) is 39.3 Å². The maximum absolute atomic E-state index is 9.22. The Labute approximate surface area is 333 Å². The lowest BCUT2D eigenvalue weighted by Gasteiger charge is -2.32. The normalized spacial score (nSPS) is 16.7. The first kappa shape index (κ1) is 45.7. The van der Waals surface area contributed by atoms with Crippen LogP contribution in [0.3, 0.4) is 0 Å². The van der Waals surface area contributed by atoms with Crippen LogP contribution in [0.15, 0.2) is 84.6 Å². The second-order valence-corrected chi connectivity index (χ2v) is 15.6. The molecule has 0 N–H and O–H groups in total. The first-order valence-electron chi connectivity index (χ1n) is 20.5. The molecular weight excluding hydrogens is 709 g/mol. The van der Waals surface area contributed by atoms with Gasteiger partial charge in [0.05, 0.1) is 26.7 Å². The number of fused-ring (bicyclic) bond motifs is 2. The molecule has 0 aliphatic carbocycles. The van der Waals surface area contributed by atoms with Crippen molar-refractivity contribution in [3.05, 3.63) is 95.8 Å². The number of ether oxygens (including phenoxy) is 2. The molecule has 0 atom stereocenters. The highest BCUT2D eigenvalue weighted by Gasteiger charge is 2.49. The summed E-state index contributed by atoms with van der Waals surface area (Å²) in [5.74, 6) is 1.89. The lowest BCUT2D eigenvalue weighted by Crippen LogP contribution is -2.33. The van der Waals surface area contributed by atoms with Gasteiger partial charge in [-0.15, -0.1) is 0 Å². The smallest absolute Gasteiger partial charge is 0.217 e. The van der Waals surface area contributed by atoms with E-state index in [0.29, 0.717) is 0 Å². The average Bonchev–Trinajstić information content (AvgIpc) is 3.62. The Hall–Kier alpha value is -3.66. The molecule has 0 spiro atoms. The Kier molecular flexibility index (Phi) is 18.4. The number of rotatable bonds is 21. The number of methoxy groups -OCH3 is 2. The van der Waals surface area contributed by atoms with Gasteiger partial charge in [0.15, 0.2) is 5.71 Å². The molecule has 0 amide bonds. The average molecular weight is 777 g/mol. The fourth-order valence-electron chi connectivity index (χ4n) is 8.42. The monoisotopic (exact) mass is 776 g/mol. The standard InChI is InChI=1S/C45H65N2O2.CH4O4S/c1-9-15-17-24-32-46-40-30-28-36(48-7)34-38(40)44(11-3,12-4)42(46)26-22-20-19-21-23-27-43-45(13-5,14-6)39-35-37(49-8)29-31-41(39)47(43)33-25-18-16-10-2;1-5-6(2,3)4/h19-23,26-31,34-35H,9-18,24-25,32-33H2,1-8H3;1H3,(H,2,3,4)/q+1;/p-1. The molecule has 9 heteroatoms. The molecule has 2 aliphatic rings. The SMILES string of the molecule is CCCCCCN1C(=CC=CC=CC=CC2=[N+](CCCCCC)c3ccc(OC)cc3C2(CC)CC)C(CC)(CC)c2cc(OC)ccc21.COS(=O)(=O)[O-]. The van der Waals surface area contributed by atoms with E-state index in [2.05, 4.69) is 134 Å². The van der Waals surface area contributed by atoms with E-state index in [1.807, 2.05) is 0 Å². The van der Waals surface area contributed by atoms with Crippen LogP contribution in [0.25, 0.3) is 0 Å². The van der Waals surface area contributed by atoms with Crippen molar-refractivity contribution in [1.29, 1.82) is 0 Å². The molecular formula is C46H68N2O6S. The molecule has 2 heterocycles. The van der Waals surface area contributed by atoms with E-state index in [4.69, 9.17) is 9.47 Å². The van der Waals surface area contributed by atoms with Gasteiger partial charge in [-0.3, -0.25) is 4.18 Å². The van der Waals surface area contributed by atoms with E-state index in [-0.39, 0.29) is 10.8 Å². The van der Waals surface area contributed by atoms with Crippen molar-refractivity contribution >= 4 is 27.5 Å². The van der Waals surface area contributed by atoms with Gasteiger partial charge in [0, 0.05) is 47.5 Å². The van der Waals surface area contributed by atoms with Crippen LogP contribution < -0.4 is 14.4 Å². The minimum Gasteiger partial charge on any atom is -0.726 e. The van der Waals surface area contributed by atoms with Crippen molar-refractivity contribution in [3.63, 3.8) is 0 Å². The summed E-state index contributed by atoms with van der Waals surface area (Å²) in [6.07, 6.45) is 30.1. The summed E-state index contributed by atoms with van der Waals surface area (Å²) in [7, 11) is -0.0569. The molecule has 2 aliphatic heterocycles. The summed E-state index contributed by atoms with van der Waals surface area (Å²) < 4.78 is 45.0. The van der Waals surface area contributed by atoms with Crippen LogP contribution in [0, 0.1) is 0 Å². The maximum atomic E-state index is 9.22. The van der Waals surface area contributed by atoms with E-state index in [1.165, 1.54) is 85.3 Å². The van der Waals surface area contributed by atoms with Crippen LogP contribution >= 0.6 is 0 Å². The van der Waals surface area contributed by atoms with Gasteiger partial charge in [0.25, 0.3) is 0 Å². The summed E-state index contributed by atoms with van der Waals surface area (Å²) in [5, 5.41) is 0. The first-order valence-corrected chi connectivity index (χ1v) is 21.9. The molecule has 0 fully saturated rings. The Morgan fingerprint density at radius 1 is 0.691 bits per heavy atom. The van der Waals surface area contributed by atoms with Gasteiger partial charge in [-0.05, 0) is 80.5 Å². The van der Waals surface area contributed by atoms with Gasteiger partial charge >= 0.3 is 0 Å². The first-order chi connectivity index (χ1) is 26.5. The number of unbranched alkanes of at least 4 members (excludes halogenated alkanes) is 6. The fourth-order valence-corrected chi connectivity index (χ4v) is 8.42. The van der Waals surface area contributed by atoms with E-state index >= 15 is 0 Å². The van der Waals surface area contributed by atoms with Gasteiger partial charge in [-0.2, -0.15) is 4.58 Å². The van der Waals surface area contributed by atoms with Crippen molar-refractivity contribution in [2.24, 2.45) is 0 Å². The molecule has 304 valence electrons. The lowest BCUT2D eigenvalue weighted by molar-refractivity contribution is -0.438. The molecule has 0 radical (unpaired) electrons. The quantitative estimate of drug-likeness (QED) is 0.0410. The Bertz CT molecular complexity index is 1780. The number of hydrogen-bond acceptors (Lipinski definition) is 7. The second kappa shape index (κ2) is 22.2. The maximum Gasteiger partial charge on any atom is 0.217 e. The third kappa shape index (κ3) is 11.0.